The first kappa shape index (κ1) is 16.6. The van der Waals surface area contributed by atoms with Gasteiger partial charge in [-0.05, 0) is 37.4 Å². The van der Waals surface area contributed by atoms with Crippen LogP contribution in [0.25, 0.3) is 17.3 Å². The summed E-state index contributed by atoms with van der Waals surface area (Å²) in [4.78, 5) is 18.7. The van der Waals surface area contributed by atoms with Crippen molar-refractivity contribution in [2.75, 3.05) is 26.7 Å². The summed E-state index contributed by atoms with van der Waals surface area (Å²) in [5.41, 5.74) is 0.490. The predicted octanol–water partition coefficient (Wildman–Crippen LogP) is 0.998. The van der Waals surface area contributed by atoms with E-state index >= 15 is 0 Å². The van der Waals surface area contributed by atoms with Gasteiger partial charge in [0.25, 0.3) is 11.4 Å². The number of hydrogen-bond acceptors (Lipinski definition) is 7. The van der Waals surface area contributed by atoms with Crippen molar-refractivity contribution in [1.82, 2.24) is 30.1 Å². The summed E-state index contributed by atoms with van der Waals surface area (Å²) in [6, 6.07) is 8.42. The molecule has 0 saturated carbocycles. The van der Waals surface area contributed by atoms with Gasteiger partial charge in [0.05, 0.1) is 11.7 Å². The number of likely N-dealkylation sites (N-methyl/N-ethyl adjacent to an activating group) is 1. The van der Waals surface area contributed by atoms with Crippen molar-refractivity contribution in [2.24, 2.45) is 0 Å². The van der Waals surface area contributed by atoms with E-state index < -0.39 is 0 Å². The van der Waals surface area contributed by atoms with E-state index in [1.54, 1.807) is 0 Å². The van der Waals surface area contributed by atoms with Gasteiger partial charge in [-0.3, -0.25) is 9.69 Å². The van der Waals surface area contributed by atoms with Crippen LogP contribution in [0.15, 0.2) is 45.7 Å². The van der Waals surface area contributed by atoms with Crippen LogP contribution in [0, 0.1) is 5.82 Å². The Labute approximate surface area is 148 Å². The van der Waals surface area contributed by atoms with Gasteiger partial charge in [-0.1, -0.05) is 5.16 Å². The molecule has 1 fully saturated rings. The van der Waals surface area contributed by atoms with Crippen LogP contribution in [-0.4, -0.2) is 51.5 Å². The molecule has 0 amide bonds. The maximum Gasteiger partial charge on any atom is 0.278 e. The van der Waals surface area contributed by atoms with Crippen LogP contribution in [0.2, 0.25) is 0 Å². The summed E-state index contributed by atoms with van der Waals surface area (Å²) in [5.74, 6) is 0.413. The zero-order chi connectivity index (χ0) is 18.1. The van der Waals surface area contributed by atoms with Gasteiger partial charge in [0, 0.05) is 25.7 Å². The van der Waals surface area contributed by atoms with Gasteiger partial charge in [-0.15, -0.1) is 0 Å². The Kier molecular flexibility index (Phi) is 4.31. The second-order valence-electron chi connectivity index (χ2n) is 6.10. The Morgan fingerprint density at radius 1 is 1.23 bits per heavy atom. The van der Waals surface area contributed by atoms with Gasteiger partial charge in [-0.25, -0.2) is 4.39 Å². The lowest BCUT2D eigenvalue weighted by Gasteiger charge is -2.30. The fourth-order valence-corrected chi connectivity index (χ4v) is 2.86. The van der Waals surface area contributed by atoms with Crippen molar-refractivity contribution in [3.8, 4) is 17.3 Å². The van der Waals surface area contributed by atoms with E-state index in [4.69, 9.17) is 4.52 Å². The normalized spacial score (nSPS) is 18.2. The molecule has 1 aliphatic heterocycles. The van der Waals surface area contributed by atoms with Crippen LogP contribution in [0.4, 0.5) is 4.39 Å². The maximum atomic E-state index is 13.1. The smallest absolute Gasteiger partial charge is 0.278 e. The standard InChI is InChI=1S/C17H17FN6O2/c1-23-9-8-19-10-14(23)16-20-17(26-22-16)13-6-7-15(25)24(21-13)12-4-2-11(18)3-5-12/h2-7,14,19H,8-10H2,1H3. The summed E-state index contributed by atoms with van der Waals surface area (Å²) >= 11 is 0. The molecule has 8 nitrogen and oxygen atoms in total. The van der Waals surface area contributed by atoms with Gasteiger partial charge < -0.3 is 9.84 Å². The van der Waals surface area contributed by atoms with Crippen LogP contribution >= 0.6 is 0 Å². The first-order chi connectivity index (χ1) is 12.6. The number of nitrogens with zero attached hydrogens (tertiary/aromatic N) is 5. The molecule has 1 atom stereocenters. The minimum Gasteiger partial charge on any atom is -0.332 e. The number of nitrogens with one attached hydrogen (secondary N) is 1. The molecule has 3 aromatic rings. The molecule has 0 spiro atoms. The summed E-state index contributed by atoms with van der Waals surface area (Å²) in [6.07, 6.45) is 0. The second-order valence-corrected chi connectivity index (χ2v) is 6.10. The molecular weight excluding hydrogens is 339 g/mol. The third kappa shape index (κ3) is 3.14. The van der Waals surface area contributed by atoms with Crippen LogP contribution in [0.3, 0.4) is 0 Å². The third-order valence-corrected chi connectivity index (χ3v) is 4.34. The van der Waals surface area contributed by atoms with E-state index in [0.29, 0.717) is 17.2 Å². The Hall–Kier alpha value is -2.91. The Bertz CT molecular complexity index is 968. The average Bonchev–Trinajstić information content (AvgIpc) is 3.13. The van der Waals surface area contributed by atoms with E-state index in [9.17, 15) is 9.18 Å². The number of rotatable bonds is 3. The fourth-order valence-electron chi connectivity index (χ4n) is 2.86. The van der Waals surface area contributed by atoms with Gasteiger partial charge in [-0.2, -0.15) is 14.8 Å². The van der Waals surface area contributed by atoms with Crippen molar-refractivity contribution in [3.05, 3.63) is 58.4 Å². The Morgan fingerprint density at radius 3 is 2.81 bits per heavy atom. The molecule has 9 heteroatoms. The molecule has 0 radical (unpaired) electrons. The molecule has 134 valence electrons. The van der Waals surface area contributed by atoms with Crippen molar-refractivity contribution < 1.29 is 8.91 Å². The van der Waals surface area contributed by atoms with E-state index in [1.807, 2.05) is 7.05 Å². The number of piperazine rings is 1. The molecule has 0 bridgehead atoms. The number of aromatic nitrogens is 4. The number of hydrogen-bond donors (Lipinski definition) is 1. The molecule has 1 aromatic carbocycles. The number of halogens is 1. The van der Waals surface area contributed by atoms with Gasteiger partial charge in [0.1, 0.15) is 11.5 Å². The highest BCUT2D eigenvalue weighted by Crippen LogP contribution is 2.21. The molecular formula is C17H17FN6O2. The molecule has 4 rings (SSSR count). The lowest BCUT2D eigenvalue weighted by molar-refractivity contribution is 0.190. The van der Waals surface area contributed by atoms with Crippen molar-refractivity contribution in [3.63, 3.8) is 0 Å². The molecule has 1 unspecified atom stereocenters. The molecule has 1 aliphatic rings. The quantitative estimate of drug-likeness (QED) is 0.749. The molecule has 1 N–H and O–H groups in total. The molecule has 26 heavy (non-hydrogen) atoms. The summed E-state index contributed by atoms with van der Waals surface area (Å²) in [5, 5.41) is 11.6. The van der Waals surface area contributed by atoms with Crippen molar-refractivity contribution in [2.45, 2.75) is 6.04 Å². The highest BCUT2D eigenvalue weighted by atomic mass is 19.1. The zero-order valence-corrected chi connectivity index (χ0v) is 14.1. The SMILES string of the molecule is CN1CCNCC1c1noc(-c2ccc(=O)n(-c3ccc(F)cc3)n2)n1. The lowest BCUT2D eigenvalue weighted by atomic mass is 10.2. The molecule has 2 aromatic heterocycles. The zero-order valence-electron chi connectivity index (χ0n) is 14.1. The third-order valence-electron chi connectivity index (χ3n) is 4.34. The van der Waals surface area contributed by atoms with Crippen molar-refractivity contribution >= 4 is 0 Å². The maximum absolute atomic E-state index is 13.1. The first-order valence-electron chi connectivity index (χ1n) is 8.23. The Morgan fingerprint density at radius 2 is 2.04 bits per heavy atom. The topological polar surface area (TPSA) is 89.1 Å². The van der Waals surface area contributed by atoms with E-state index in [2.05, 4.69) is 25.5 Å². The van der Waals surface area contributed by atoms with E-state index in [1.165, 1.54) is 41.1 Å². The Balaban J connectivity index is 1.67. The first-order valence-corrected chi connectivity index (χ1v) is 8.23. The fraction of sp³-hybridized carbons (Fsp3) is 0.294. The van der Waals surface area contributed by atoms with Gasteiger partial charge in [0.15, 0.2) is 5.82 Å². The summed E-state index contributed by atoms with van der Waals surface area (Å²) in [6.45, 7) is 2.54. The van der Waals surface area contributed by atoms with Crippen LogP contribution < -0.4 is 10.9 Å². The average molecular weight is 356 g/mol. The van der Waals surface area contributed by atoms with Crippen LogP contribution in [-0.2, 0) is 0 Å². The monoisotopic (exact) mass is 356 g/mol. The van der Waals surface area contributed by atoms with Crippen LogP contribution in [0.1, 0.15) is 11.9 Å². The van der Waals surface area contributed by atoms with Crippen LogP contribution in [0.5, 0.6) is 0 Å². The second kappa shape index (κ2) is 6.77. The highest BCUT2D eigenvalue weighted by Gasteiger charge is 2.26. The highest BCUT2D eigenvalue weighted by molar-refractivity contribution is 5.46. The summed E-state index contributed by atoms with van der Waals surface area (Å²) in [7, 11) is 2.01. The summed E-state index contributed by atoms with van der Waals surface area (Å²) < 4.78 is 19.6. The minimum absolute atomic E-state index is 0.0178. The molecule has 0 aliphatic carbocycles. The molecule has 3 heterocycles. The largest absolute Gasteiger partial charge is 0.332 e. The molecule has 1 saturated heterocycles. The van der Waals surface area contributed by atoms with Gasteiger partial charge >= 0.3 is 0 Å². The lowest BCUT2D eigenvalue weighted by Crippen LogP contribution is -2.44. The minimum atomic E-state index is -0.385. The predicted molar refractivity (Wildman–Crippen MR) is 91.3 cm³/mol. The number of benzene rings is 1. The van der Waals surface area contributed by atoms with Crippen molar-refractivity contribution in [1.29, 1.82) is 0 Å². The van der Waals surface area contributed by atoms with E-state index in [-0.39, 0.29) is 23.3 Å². The van der Waals surface area contributed by atoms with Gasteiger partial charge in [0.2, 0.25) is 0 Å². The van der Waals surface area contributed by atoms with E-state index in [0.717, 1.165) is 19.6 Å².